The lowest BCUT2D eigenvalue weighted by Crippen LogP contribution is -2.00. The first kappa shape index (κ1) is 14.0. The van der Waals surface area contributed by atoms with Crippen LogP contribution in [0.25, 0.3) is 0 Å². The van der Waals surface area contributed by atoms with E-state index >= 15 is 0 Å². The van der Waals surface area contributed by atoms with Crippen LogP contribution in [-0.4, -0.2) is 12.2 Å². The fourth-order valence-electron chi connectivity index (χ4n) is 2.80. The molecule has 2 aromatic rings. The Kier molecular flexibility index (Phi) is 4.11. The van der Waals surface area contributed by atoms with E-state index in [1.165, 1.54) is 36.0 Å². The van der Waals surface area contributed by atoms with Crippen LogP contribution in [0, 0.1) is 0 Å². The van der Waals surface area contributed by atoms with Gasteiger partial charge >= 0.3 is 0 Å². The molecule has 3 heteroatoms. The van der Waals surface area contributed by atoms with Gasteiger partial charge in [-0.25, -0.2) is 0 Å². The van der Waals surface area contributed by atoms with Crippen LogP contribution in [0.3, 0.4) is 0 Å². The number of aliphatic hydroxyl groups excluding tert-OH is 1. The molecule has 110 valence electrons. The lowest BCUT2D eigenvalue weighted by Gasteiger charge is -2.12. The van der Waals surface area contributed by atoms with Crippen LogP contribution in [0.15, 0.2) is 36.4 Å². The molecule has 0 unspecified atom stereocenters. The molecule has 3 nitrogen and oxygen atoms in total. The van der Waals surface area contributed by atoms with Crippen molar-refractivity contribution >= 4 is 0 Å². The van der Waals surface area contributed by atoms with Gasteiger partial charge in [0.2, 0.25) is 0 Å². The maximum Gasteiger partial charge on any atom is 0.129 e. The Hall–Kier alpha value is -2.00. The quantitative estimate of drug-likeness (QED) is 0.916. The molecule has 21 heavy (non-hydrogen) atoms. The molecule has 0 saturated carbocycles. The van der Waals surface area contributed by atoms with Crippen molar-refractivity contribution in [3.05, 3.63) is 58.7 Å². The zero-order chi connectivity index (χ0) is 14.7. The number of aliphatic hydroxyl groups is 1. The molecule has 0 aliphatic heterocycles. The minimum atomic E-state index is -0.0382. The van der Waals surface area contributed by atoms with Crippen LogP contribution in [0.1, 0.15) is 28.7 Å². The summed E-state index contributed by atoms with van der Waals surface area (Å²) in [4.78, 5) is 0. The SMILES string of the molecule is COc1ccc(CO)c(OCc2ccc3c(c2)CCC3)c1. The first-order valence-corrected chi connectivity index (χ1v) is 7.31. The lowest BCUT2D eigenvalue weighted by molar-refractivity contribution is 0.258. The van der Waals surface area contributed by atoms with Gasteiger partial charge < -0.3 is 14.6 Å². The van der Waals surface area contributed by atoms with Crippen molar-refractivity contribution in [2.24, 2.45) is 0 Å². The standard InChI is InChI=1S/C18H20O3/c1-20-17-8-7-16(11-19)18(10-17)21-12-13-5-6-14-3-2-4-15(14)9-13/h5-10,19H,2-4,11-12H2,1H3. The zero-order valence-electron chi connectivity index (χ0n) is 12.3. The normalized spacial score (nSPS) is 13.0. The van der Waals surface area contributed by atoms with Crippen molar-refractivity contribution in [3.63, 3.8) is 0 Å². The van der Waals surface area contributed by atoms with Gasteiger partial charge in [-0.15, -0.1) is 0 Å². The summed E-state index contributed by atoms with van der Waals surface area (Å²) in [6.45, 7) is 0.469. The van der Waals surface area contributed by atoms with E-state index in [-0.39, 0.29) is 6.61 Å². The first-order valence-electron chi connectivity index (χ1n) is 7.31. The molecule has 0 aromatic heterocycles. The average Bonchev–Trinajstić information content (AvgIpc) is 3.00. The highest BCUT2D eigenvalue weighted by Gasteiger charge is 2.11. The highest BCUT2D eigenvalue weighted by molar-refractivity contribution is 5.41. The van der Waals surface area contributed by atoms with Crippen molar-refractivity contribution in [1.29, 1.82) is 0 Å². The third-order valence-corrected chi connectivity index (χ3v) is 4.00. The number of rotatable bonds is 5. The van der Waals surface area contributed by atoms with Gasteiger partial charge in [0.1, 0.15) is 18.1 Å². The van der Waals surface area contributed by atoms with Crippen LogP contribution in [0.5, 0.6) is 11.5 Å². The van der Waals surface area contributed by atoms with Crippen LogP contribution < -0.4 is 9.47 Å². The highest BCUT2D eigenvalue weighted by atomic mass is 16.5. The van der Waals surface area contributed by atoms with Gasteiger partial charge in [0, 0.05) is 11.6 Å². The second-order valence-electron chi connectivity index (χ2n) is 5.38. The van der Waals surface area contributed by atoms with Gasteiger partial charge in [-0.1, -0.05) is 18.2 Å². The molecular formula is C18H20O3. The fraction of sp³-hybridized carbons (Fsp3) is 0.333. The Morgan fingerprint density at radius 3 is 2.71 bits per heavy atom. The molecule has 0 atom stereocenters. The van der Waals surface area contributed by atoms with Crippen molar-refractivity contribution in [1.82, 2.24) is 0 Å². The highest BCUT2D eigenvalue weighted by Crippen LogP contribution is 2.27. The Morgan fingerprint density at radius 1 is 1.05 bits per heavy atom. The average molecular weight is 284 g/mol. The number of aryl methyl sites for hydroxylation is 2. The molecule has 0 spiro atoms. The molecular weight excluding hydrogens is 264 g/mol. The molecule has 0 amide bonds. The molecule has 3 rings (SSSR count). The minimum Gasteiger partial charge on any atom is -0.497 e. The molecule has 0 bridgehead atoms. The predicted molar refractivity (Wildman–Crippen MR) is 81.7 cm³/mol. The Balaban J connectivity index is 1.75. The van der Waals surface area contributed by atoms with E-state index in [0.29, 0.717) is 12.4 Å². The molecule has 0 heterocycles. The maximum atomic E-state index is 9.39. The lowest BCUT2D eigenvalue weighted by atomic mass is 10.1. The summed E-state index contributed by atoms with van der Waals surface area (Å²) in [6.07, 6.45) is 3.62. The molecule has 1 aliphatic carbocycles. The van der Waals surface area contributed by atoms with E-state index in [9.17, 15) is 5.11 Å². The van der Waals surface area contributed by atoms with Gasteiger partial charge in [-0.05, 0) is 48.1 Å². The summed E-state index contributed by atoms with van der Waals surface area (Å²) in [5, 5.41) is 9.39. The number of hydrogen-bond donors (Lipinski definition) is 1. The number of benzene rings is 2. The van der Waals surface area contributed by atoms with E-state index in [4.69, 9.17) is 9.47 Å². The maximum absolute atomic E-state index is 9.39. The van der Waals surface area contributed by atoms with Gasteiger partial charge in [-0.2, -0.15) is 0 Å². The number of hydrogen-bond acceptors (Lipinski definition) is 3. The summed E-state index contributed by atoms with van der Waals surface area (Å²) in [5.41, 5.74) is 4.86. The van der Waals surface area contributed by atoms with Crippen LogP contribution in [0.4, 0.5) is 0 Å². The molecule has 0 fully saturated rings. The van der Waals surface area contributed by atoms with Gasteiger partial charge in [-0.3, -0.25) is 0 Å². The molecule has 0 saturated heterocycles. The van der Waals surface area contributed by atoms with Gasteiger partial charge in [0.05, 0.1) is 13.7 Å². The van der Waals surface area contributed by atoms with Crippen molar-refractivity contribution in [2.75, 3.05) is 7.11 Å². The van der Waals surface area contributed by atoms with Crippen molar-refractivity contribution in [2.45, 2.75) is 32.5 Å². The van der Waals surface area contributed by atoms with Crippen LogP contribution >= 0.6 is 0 Å². The Bertz CT molecular complexity index is 634. The number of methoxy groups -OCH3 is 1. The Morgan fingerprint density at radius 2 is 1.90 bits per heavy atom. The van der Waals surface area contributed by atoms with Crippen LogP contribution in [0.2, 0.25) is 0 Å². The van der Waals surface area contributed by atoms with Crippen LogP contribution in [-0.2, 0) is 26.1 Å². The largest absolute Gasteiger partial charge is 0.497 e. The summed E-state index contributed by atoms with van der Waals surface area (Å²) in [7, 11) is 1.62. The molecule has 0 radical (unpaired) electrons. The van der Waals surface area contributed by atoms with E-state index in [2.05, 4.69) is 18.2 Å². The summed E-state index contributed by atoms with van der Waals surface area (Å²) >= 11 is 0. The van der Waals surface area contributed by atoms with Gasteiger partial charge in [0.15, 0.2) is 0 Å². The first-order chi connectivity index (χ1) is 10.3. The minimum absolute atomic E-state index is 0.0382. The Labute approximate surface area is 125 Å². The number of fused-ring (bicyclic) bond motifs is 1. The molecule has 1 aliphatic rings. The zero-order valence-corrected chi connectivity index (χ0v) is 12.3. The fourth-order valence-corrected chi connectivity index (χ4v) is 2.80. The van der Waals surface area contributed by atoms with E-state index in [1.807, 2.05) is 18.2 Å². The van der Waals surface area contributed by atoms with E-state index in [0.717, 1.165) is 11.3 Å². The molecule has 2 aromatic carbocycles. The third-order valence-electron chi connectivity index (χ3n) is 4.00. The smallest absolute Gasteiger partial charge is 0.129 e. The predicted octanol–water partition coefficient (Wildman–Crippen LogP) is 3.26. The second kappa shape index (κ2) is 6.19. The summed E-state index contributed by atoms with van der Waals surface area (Å²) in [6, 6.07) is 12.0. The van der Waals surface area contributed by atoms with Crippen molar-refractivity contribution < 1.29 is 14.6 Å². The van der Waals surface area contributed by atoms with E-state index < -0.39 is 0 Å². The van der Waals surface area contributed by atoms with Crippen molar-refractivity contribution in [3.8, 4) is 11.5 Å². The number of ether oxygens (including phenoxy) is 2. The second-order valence-corrected chi connectivity index (χ2v) is 5.38. The van der Waals surface area contributed by atoms with E-state index in [1.54, 1.807) is 7.11 Å². The third kappa shape index (κ3) is 3.03. The van der Waals surface area contributed by atoms with Gasteiger partial charge in [0.25, 0.3) is 0 Å². The topological polar surface area (TPSA) is 38.7 Å². The summed E-state index contributed by atoms with van der Waals surface area (Å²) < 4.78 is 11.1. The monoisotopic (exact) mass is 284 g/mol. The molecule has 1 N–H and O–H groups in total. The summed E-state index contributed by atoms with van der Waals surface area (Å²) in [5.74, 6) is 1.41.